The Labute approximate surface area is 134 Å². The highest BCUT2D eigenvalue weighted by molar-refractivity contribution is 6.32. The van der Waals surface area contributed by atoms with Gasteiger partial charge in [-0.05, 0) is 24.1 Å². The molecule has 0 fully saturated rings. The van der Waals surface area contributed by atoms with Crippen LogP contribution in [0.15, 0.2) is 18.2 Å². The van der Waals surface area contributed by atoms with Gasteiger partial charge < -0.3 is 9.47 Å². The van der Waals surface area contributed by atoms with Crippen LogP contribution in [0.2, 0.25) is 10.2 Å². The first kappa shape index (κ1) is 15.9. The normalized spacial score (nSPS) is 10.8. The minimum Gasteiger partial charge on any atom is -0.493 e. The van der Waals surface area contributed by atoms with E-state index >= 15 is 0 Å². The van der Waals surface area contributed by atoms with Crippen molar-refractivity contribution in [1.29, 1.82) is 0 Å². The quantitative estimate of drug-likeness (QED) is 0.771. The van der Waals surface area contributed by atoms with Crippen molar-refractivity contribution in [2.75, 3.05) is 14.2 Å². The lowest BCUT2D eigenvalue weighted by Gasteiger charge is -2.12. The first-order valence-corrected chi connectivity index (χ1v) is 7.18. The molecule has 6 heteroatoms. The molecule has 0 unspecified atom stereocenters. The number of nitrogens with zero attached hydrogens (tertiary/aromatic N) is 2. The molecule has 0 bridgehead atoms. The monoisotopic (exact) mass is 326 g/mol. The van der Waals surface area contributed by atoms with E-state index in [4.69, 9.17) is 32.7 Å². The van der Waals surface area contributed by atoms with Crippen molar-refractivity contribution in [2.45, 2.75) is 19.8 Å². The van der Waals surface area contributed by atoms with Crippen LogP contribution in [0.1, 0.15) is 25.5 Å². The van der Waals surface area contributed by atoms with Crippen LogP contribution in [-0.4, -0.2) is 24.2 Å². The Morgan fingerprint density at radius 3 is 2.29 bits per heavy atom. The summed E-state index contributed by atoms with van der Waals surface area (Å²) in [6.07, 6.45) is 0. The maximum absolute atomic E-state index is 6.21. The molecular formula is C15H16Cl2N2O2. The molecule has 2 aromatic rings. The minimum absolute atomic E-state index is 0.250. The van der Waals surface area contributed by atoms with Crippen molar-refractivity contribution in [3.8, 4) is 22.9 Å². The third kappa shape index (κ3) is 3.39. The fourth-order valence-corrected chi connectivity index (χ4v) is 2.39. The molecule has 1 heterocycles. The number of rotatable bonds is 4. The van der Waals surface area contributed by atoms with Crippen molar-refractivity contribution < 1.29 is 9.47 Å². The van der Waals surface area contributed by atoms with Gasteiger partial charge in [-0.25, -0.2) is 9.97 Å². The lowest BCUT2D eigenvalue weighted by Crippen LogP contribution is -1.99. The van der Waals surface area contributed by atoms with Crippen molar-refractivity contribution in [3.05, 3.63) is 34.1 Å². The number of hydrogen-bond donors (Lipinski definition) is 0. The summed E-state index contributed by atoms with van der Waals surface area (Å²) in [7, 11) is 3.09. The second-order valence-corrected chi connectivity index (χ2v) is 5.58. The van der Waals surface area contributed by atoms with E-state index in [2.05, 4.69) is 9.97 Å². The molecule has 21 heavy (non-hydrogen) atoms. The fourth-order valence-electron chi connectivity index (χ4n) is 1.91. The van der Waals surface area contributed by atoms with E-state index < -0.39 is 0 Å². The van der Waals surface area contributed by atoms with Gasteiger partial charge in [-0.3, -0.25) is 0 Å². The zero-order valence-corrected chi connectivity index (χ0v) is 13.8. The number of methoxy groups -OCH3 is 2. The lowest BCUT2D eigenvalue weighted by atomic mass is 10.1. The van der Waals surface area contributed by atoms with Crippen LogP contribution in [0, 0.1) is 0 Å². The Bertz CT molecular complexity index is 660. The molecule has 0 amide bonds. The van der Waals surface area contributed by atoms with Gasteiger partial charge in [-0.2, -0.15) is 0 Å². The predicted molar refractivity (Wildman–Crippen MR) is 84.7 cm³/mol. The average Bonchev–Trinajstić information content (AvgIpc) is 2.45. The molecule has 2 rings (SSSR count). The van der Waals surface area contributed by atoms with Crippen LogP contribution in [0.4, 0.5) is 0 Å². The molecule has 112 valence electrons. The number of hydrogen-bond acceptors (Lipinski definition) is 4. The fraction of sp³-hybridized carbons (Fsp3) is 0.333. The maximum Gasteiger partial charge on any atom is 0.179 e. The van der Waals surface area contributed by atoms with E-state index in [1.807, 2.05) is 13.8 Å². The molecule has 4 nitrogen and oxygen atoms in total. The zero-order chi connectivity index (χ0) is 15.6. The molecule has 0 aliphatic rings. The largest absolute Gasteiger partial charge is 0.493 e. The number of benzene rings is 1. The molecule has 0 saturated heterocycles. The van der Waals surface area contributed by atoms with E-state index in [0.29, 0.717) is 27.5 Å². The molecule has 0 spiro atoms. The average molecular weight is 327 g/mol. The third-order valence-corrected chi connectivity index (χ3v) is 3.47. The standard InChI is InChI=1S/C15H16Cl2N2O2/c1-8(2)11-7-13(17)19-15(18-11)9-5-10(16)14(21-4)12(6-9)20-3/h5-8H,1-4H3. The van der Waals surface area contributed by atoms with E-state index in [9.17, 15) is 0 Å². The van der Waals surface area contributed by atoms with E-state index in [0.717, 1.165) is 11.3 Å². The molecule has 1 aromatic heterocycles. The first-order valence-electron chi connectivity index (χ1n) is 6.42. The van der Waals surface area contributed by atoms with Crippen molar-refractivity contribution >= 4 is 23.2 Å². The second-order valence-electron chi connectivity index (χ2n) is 4.79. The summed E-state index contributed by atoms with van der Waals surface area (Å²) >= 11 is 12.3. The van der Waals surface area contributed by atoms with E-state index in [1.165, 1.54) is 7.11 Å². The van der Waals surface area contributed by atoms with Gasteiger partial charge in [0.25, 0.3) is 0 Å². The highest BCUT2D eigenvalue weighted by atomic mass is 35.5. The van der Waals surface area contributed by atoms with Gasteiger partial charge in [0.1, 0.15) is 5.15 Å². The van der Waals surface area contributed by atoms with Crippen LogP contribution in [0.25, 0.3) is 11.4 Å². The molecule has 0 radical (unpaired) electrons. The van der Waals surface area contributed by atoms with Gasteiger partial charge in [0.15, 0.2) is 17.3 Å². The van der Waals surface area contributed by atoms with Gasteiger partial charge in [0, 0.05) is 11.3 Å². The molecule has 0 N–H and O–H groups in total. The Morgan fingerprint density at radius 2 is 1.71 bits per heavy atom. The summed E-state index contributed by atoms with van der Waals surface area (Å²) in [5.41, 5.74) is 1.60. The van der Waals surface area contributed by atoms with Gasteiger partial charge in [-0.1, -0.05) is 37.0 Å². The second kappa shape index (κ2) is 6.50. The van der Waals surface area contributed by atoms with E-state index in [-0.39, 0.29) is 5.92 Å². The maximum atomic E-state index is 6.21. The Kier molecular flexibility index (Phi) is 4.91. The number of halogens is 2. The summed E-state index contributed by atoms with van der Waals surface area (Å²) in [5, 5.41) is 0.830. The Morgan fingerprint density at radius 1 is 1.00 bits per heavy atom. The van der Waals surface area contributed by atoms with Crippen LogP contribution < -0.4 is 9.47 Å². The van der Waals surface area contributed by atoms with Crippen LogP contribution in [0.3, 0.4) is 0 Å². The lowest BCUT2D eigenvalue weighted by molar-refractivity contribution is 0.355. The summed E-state index contributed by atoms with van der Waals surface area (Å²) < 4.78 is 10.5. The van der Waals surface area contributed by atoms with Crippen molar-refractivity contribution in [3.63, 3.8) is 0 Å². The molecule has 1 aromatic carbocycles. The molecular weight excluding hydrogens is 311 g/mol. The molecule has 0 aliphatic heterocycles. The predicted octanol–water partition coefficient (Wildman–Crippen LogP) is 4.59. The summed E-state index contributed by atoms with van der Waals surface area (Å²) in [5.74, 6) is 1.76. The minimum atomic E-state index is 0.250. The van der Waals surface area contributed by atoms with Gasteiger partial charge >= 0.3 is 0 Å². The summed E-state index contributed by atoms with van der Waals surface area (Å²) in [6.45, 7) is 4.09. The highest BCUT2D eigenvalue weighted by Crippen LogP contribution is 2.38. The van der Waals surface area contributed by atoms with Crippen molar-refractivity contribution in [2.24, 2.45) is 0 Å². The molecule has 0 aliphatic carbocycles. The molecule has 0 atom stereocenters. The van der Waals surface area contributed by atoms with Crippen molar-refractivity contribution in [1.82, 2.24) is 9.97 Å². The van der Waals surface area contributed by atoms with Crippen LogP contribution >= 0.6 is 23.2 Å². The van der Waals surface area contributed by atoms with Gasteiger partial charge in [0.2, 0.25) is 0 Å². The van der Waals surface area contributed by atoms with Gasteiger partial charge in [-0.15, -0.1) is 0 Å². The first-order chi connectivity index (χ1) is 9.96. The van der Waals surface area contributed by atoms with Crippen LogP contribution in [-0.2, 0) is 0 Å². The number of aromatic nitrogens is 2. The van der Waals surface area contributed by atoms with E-state index in [1.54, 1.807) is 25.3 Å². The summed E-state index contributed by atoms with van der Waals surface area (Å²) in [4.78, 5) is 8.78. The highest BCUT2D eigenvalue weighted by Gasteiger charge is 2.15. The third-order valence-electron chi connectivity index (χ3n) is 3.00. The smallest absolute Gasteiger partial charge is 0.179 e. The molecule has 0 saturated carbocycles. The topological polar surface area (TPSA) is 44.2 Å². The summed E-state index contributed by atoms with van der Waals surface area (Å²) in [6, 6.07) is 5.28. The Balaban J connectivity index is 2.59. The van der Waals surface area contributed by atoms with Crippen LogP contribution in [0.5, 0.6) is 11.5 Å². The number of ether oxygens (including phenoxy) is 2. The van der Waals surface area contributed by atoms with Gasteiger partial charge in [0.05, 0.1) is 19.2 Å². The zero-order valence-electron chi connectivity index (χ0n) is 12.3. The SMILES string of the molecule is COc1cc(-c2nc(Cl)cc(C(C)C)n2)cc(Cl)c1OC. The Hall–Kier alpha value is -1.52.